The minimum atomic E-state index is -4.64. The van der Waals surface area contributed by atoms with Crippen LogP contribution in [-0.4, -0.2) is 43.6 Å². The molecule has 26 heavy (non-hydrogen) atoms. The molecule has 0 atom stereocenters. The molecule has 2 saturated heterocycles. The Labute approximate surface area is 150 Å². The summed E-state index contributed by atoms with van der Waals surface area (Å²) in [4.78, 5) is 15.4. The van der Waals surface area contributed by atoms with Crippen LogP contribution in [0.5, 0.6) is 0 Å². The van der Waals surface area contributed by atoms with Gasteiger partial charge in [0, 0.05) is 43.1 Å². The van der Waals surface area contributed by atoms with E-state index >= 15 is 0 Å². The summed E-state index contributed by atoms with van der Waals surface area (Å²) in [5.74, 6) is 0. The highest BCUT2D eigenvalue weighted by Gasteiger charge is 2.36. The molecule has 7 heteroatoms. The third-order valence-electron chi connectivity index (χ3n) is 5.28. The lowest BCUT2D eigenvalue weighted by molar-refractivity contribution is -0.156. The lowest BCUT2D eigenvalue weighted by Gasteiger charge is -2.40. The fourth-order valence-corrected chi connectivity index (χ4v) is 3.73. The van der Waals surface area contributed by atoms with Crippen molar-refractivity contribution in [3.8, 4) is 0 Å². The number of nitrogens with zero attached hydrogens (tertiary/aromatic N) is 2. The summed E-state index contributed by atoms with van der Waals surface area (Å²) in [6.07, 6.45) is 2.13. The number of carbonyl (C=O) groups excluding carboxylic acids is 1. The van der Waals surface area contributed by atoms with Crippen molar-refractivity contribution in [1.82, 2.24) is 10.3 Å². The summed E-state index contributed by atoms with van der Waals surface area (Å²) < 4.78 is 31.2. The number of benzene rings is 1. The van der Waals surface area contributed by atoms with Gasteiger partial charge >= 0.3 is 6.18 Å². The Balaban J connectivity index is 0.000000286. The molecular formula is C19H22F3N3O. The highest BCUT2D eigenvalue weighted by Crippen LogP contribution is 2.38. The molecule has 2 fully saturated rings. The van der Waals surface area contributed by atoms with Gasteiger partial charge in [-0.05, 0) is 54.8 Å². The third-order valence-corrected chi connectivity index (χ3v) is 5.28. The summed E-state index contributed by atoms with van der Waals surface area (Å²) in [6, 6.07) is 8.85. The van der Waals surface area contributed by atoms with Gasteiger partial charge < -0.3 is 10.2 Å². The molecule has 1 spiro atoms. The maximum Gasteiger partial charge on any atom is 0.446 e. The molecule has 0 unspecified atom stereocenters. The second kappa shape index (κ2) is 7.61. The second-order valence-corrected chi connectivity index (χ2v) is 6.98. The van der Waals surface area contributed by atoms with E-state index in [2.05, 4.69) is 39.5 Å². The summed E-state index contributed by atoms with van der Waals surface area (Å²) in [5, 5.41) is 6.05. The zero-order valence-electron chi connectivity index (χ0n) is 14.4. The molecule has 0 bridgehead atoms. The minimum absolute atomic E-state index is 0.595. The number of fused-ring (bicyclic) bond motifs is 1. The molecule has 0 aliphatic carbocycles. The van der Waals surface area contributed by atoms with Gasteiger partial charge in [-0.2, -0.15) is 13.2 Å². The lowest BCUT2D eigenvalue weighted by Crippen LogP contribution is -2.41. The molecule has 1 N–H and O–H groups in total. The molecule has 1 aromatic carbocycles. The number of rotatable bonds is 1. The highest BCUT2D eigenvalue weighted by atomic mass is 19.4. The number of hydrogen-bond donors (Lipinski definition) is 1. The Morgan fingerprint density at radius 1 is 1.12 bits per heavy atom. The van der Waals surface area contributed by atoms with Crippen LogP contribution in [0.2, 0.25) is 0 Å². The maximum atomic E-state index is 10.4. The predicted molar refractivity (Wildman–Crippen MR) is 95.2 cm³/mol. The molecule has 0 radical (unpaired) electrons. The van der Waals surface area contributed by atoms with Crippen molar-refractivity contribution in [2.75, 3.05) is 31.1 Å². The van der Waals surface area contributed by atoms with Crippen molar-refractivity contribution >= 4 is 22.7 Å². The van der Waals surface area contributed by atoms with Crippen molar-refractivity contribution < 1.29 is 18.0 Å². The third kappa shape index (κ3) is 4.52. The van der Waals surface area contributed by atoms with Crippen molar-refractivity contribution in [2.24, 2.45) is 5.41 Å². The number of anilines is 1. The molecule has 2 aliphatic heterocycles. The molecule has 4 rings (SSSR count). The molecule has 140 valence electrons. The summed E-state index contributed by atoms with van der Waals surface area (Å²) in [7, 11) is 0. The first-order valence-electron chi connectivity index (χ1n) is 8.73. The largest absolute Gasteiger partial charge is 0.446 e. The molecule has 2 aromatic rings. The molecule has 4 nitrogen and oxygen atoms in total. The first-order valence-corrected chi connectivity index (χ1v) is 8.73. The normalized spacial score (nSPS) is 19.3. The number of alkyl halides is 3. The quantitative estimate of drug-likeness (QED) is 0.785. The Kier molecular flexibility index (Phi) is 5.46. The fraction of sp³-hybridized carbons (Fsp3) is 0.474. The zero-order valence-corrected chi connectivity index (χ0v) is 14.4. The van der Waals surface area contributed by atoms with Crippen molar-refractivity contribution in [3.63, 3.8) is 0 Å². The van der Waals surface area contributed by atoms with Crippen LogP contribution in [0.15, 0.2) is 36.7 Å². The number of aromatic nitrogens is 1. The Hall–Kier alpha value is -2.15. The molecule has 0 saturated carbocycles. The number of carbonyl (C=O) groups is 1. The van der Waals surface area contributed by atoms with Gasteiger partial charge in [0.25, 0.3) is 0 Å². The topological polar surface area (TPSA) is 45.2 Å². The van der Waals surface area contributed by atoms with Crippen LogP contribution in [0, 0.1) is 5.41 Å². The highest BCUT2D eigenvalue weighted by molar-refractivity contribution is 5.85. The van der Waals surface area contributed by atoms with E-state index in [1.54, 1.807) is 0 Å². The van der Waals surface area contributed by atoms with E-state index in [1.165, 1.54) is 61.9 Å². The van der Waals surface area contributed by atoms with Crippen LogP contribution in [0.1, 0.15) is 19.3 Å². The maximum absolute atomic E-state index is 10.4. The van der Waals surface area contributed by atoms with Gasteiger partial charge in [0.15, 0.2) is 0 Å². The van der Waals surface area contributed by atoms with Crippen LogP contribution in [0.4, 0.5) is 18.9 Å². The Morgan fingerprint density at radius 2 is 1.85 bits per heavy atom. The predicted octanol–water partition coefficient (Wildman–Crippen LogP) is 3.56. The van der Waals surface area contributed by atoms with E-state index < -0.39 is 12.5 Å². The molecule has 0 amide bonds. The van der Waals surface area contributed by atoms with E-state index in [1.807, 2.05) is 12.4 Å². The van der Waals surface area contributed by atoms with Crippen molar-refractivity contribution in [2.45, 2.75) is 25.4 Å². The minimum Gasteiger partial charge on any atom is -0.371 e. The van der Waals surface area contributed by atoms with E-state index in [9.17, 15) is 13.2 Å². The van der Waals surface area contributed by atoms with Gasteiger partial charge in [-0.3, -0.25) is 9.78 Å². The number of aldehydes is 1. The monoisotopic (exact) mass is 365 g/mol. The molecule has 3 heterocycles. The van der Waals surface area contributed by atoms with Gasteiger partial charge in [-0.25, -0.2) is 0 Å². The van der Waals surface area contributed by atoms with Crippen LogP contribution < -0.4 is 10.2 Å². The van der Waals surface area contributed by atoms with Gasteiger partial charge in [0.05, 0.1) is 0 Å². The first kappa shape index (κ1) is 18.6. The Bertz CT molecular complexity index is 747. The summed E-state index contributed by atoms with van der Waals surface area (Å²) in [6.45, 7) is 4.82. The van der Waals surface area contributed by atoms with Gasteiger partial charge in [0.1, 0.15) is 0 Å². The standard InChI is InChI=1S/C17H21N3.C2HF3O/c1-2-16(11-14-3-7-18-12-15(1)14)20-9-5-17(6-10-20)4-8-19-13-17;3-2(4,5)1-6/h1-3,7,11-12,19H,4-6,8-10,13H2;1H. The van der Waals surface area contributed by atoms with Crippen LogP contribution in [0.3, 0.4) is 0 Å². The SMILES string of the molecule is O=CC(F)(F)F.c1cc2cc(N3CCC4(CCNC4)CC3)ccc2cn1. The molecule has 1 aromatic heterocycles. The number of hydrogen-bond acceptors (Lipinski definition) is 4. The smallest absolute Gasteiger partial charge is 0.371 e. The van der Waals surface area contributed by atoms with E-state index in [4.69, 9.17) is 4.79 Å². The average molecular weight is 365 g/mol. The first-order chi connectivity index (χ1) is 12.4. The zero-order chi connectivity index (χ0) is 18.6. The number of nitrogens with one attached hydrogen (secondary N) is 1. The summed E-state index contributed by atoms with van der Waals surface area (Å²) >= 11 is 0. The Morgan fingerprint density at radius 3 is 2.46 bits per heavy atom. The lowest BCUT2D eigenvalue weighted by atomic mass is 9.78. The van der Waals surface area contributed by atoms with Crippen LogP contribution in [-0.2, 0) is 4.79 Å². The molecular weight excluding hydrogens is 343 g/mol. The van der Waals surface area contributed by atoms with Gasteiger partial charge in [-0.1, -0.05) is 6.07 Å². The van der Waals surface area contributed by atoms with E-state index in [0.717, 1.165) is 0 Å². The van der Waals surface area contributed by atoms with Crippen molar-refractivity contribution in [3.05, 3.63) is 36.7 Å². The van der Waals surface area contributed by atoms with Crippen molar-refractivity contribution in [1.29, 1.82) is 0 Å². The van der Waals surface area contributed by atoms with Gasteiger partial charge in [0.2, 0.25) is 6.29 Å². The second-order valence-electron chi connectivity index (χ2n) is 6.98. The number of piperidine rings is 1. The van der Waals surface area contributed by atoms with E-state index in [0.29, 0.717) is 5.41 Å². The van der Waals surface area contributed by atoms with Gasteiger partial charge in [-0.15, -0.1) is 0 Å². The van der Waals surface area contributed by atoms with Crippen LogP contribution >= 0.6 is 0 Å². The average Bonchev–Trinajstić information content (AvgIpc) is 3.10. The molecule has 2 aliphatic rings. The number of halogens is 3. The van der Waals surface area contributed by atoms with Crippen LogP contribution in [0.25, 0.3) is 10.8 Å². The van der Waals surface area contributed by atoms with E-state index in [-0.39, 0.29) is 0 Å². The summed E-state index contributed by atoms with van der Waals surface area (Å²) in [5.41, 5.74) is 1.96. The number of pyridine rings is 1. The fourth-order valence-electron chi connectivity index (χ4n) is 3.73.